The Balaban J connectivity index is 0.000000640. The second kappa shape index (κ2) is 3.83. The first kappa shape index (κ1) is 8.89. The third-order valence-corrected chi connectivity index (χ3v) is 0.976. The van der Waals surface area contributed by atoms with Crippen LogP contribution in [0.4, 0.5) is 0 Å². The van der Waals surface area contributed by atoms with Crippen molar-refractivity contribution in [3.05, 3.63) is 0 Å². The molecule has 0 aliphatic carbocycles. The van der Waals surface area contributed by atoms with Gasteiger partial charge in [-0.15, -0.1) is 10.2 Å². The van der Waals surface area contributed by atoms with E-state index in [4.69, 9.17) is 0 Å². The van der Waals surface area contributed by atoms with Crippen LogP contribution >= 0.6 is 0 Å². The molecule has 1 aliphatic heterocycles. The summed E-state index contributed by atoms with van der Waals surface area (Å²) in [6.07, 6.45) is -0.0185. The molecule has 1 rings (SSSR count). The zero-order valence-electron chi connectivity index (χ0n) is 5.26. The monoisotopic (exact) mass is 307 g/mol. The Hall–Kier alpha value is -0.112. The van der Waals surface area contributed by atoms with Crippen molar-refractivity contribution in [3.63, 3.8) is 0 Å². The Labute approximate surface area is 68.1 Å². The second-order valence-electron chi connectivity index (χ2n) is 2.07. The van der Waals surface area contributed by atoms with Crippen molar-refractivity contribution in [1.29, 1.82) is 0 Å². The summed E-state index contributed by atoms with van der Waals surface area (Å²) in [6.45, 7) is 4.07. The molecule has 0 aromatic rings. The molecule has 54 valence electrons. The van der Waals surface area contributed by atoms with Gasteiger partial charge in [0.05, 0.1) is 0 Å². The van der Waals surface area contributed by atoms with E-state index in [1.165, 1.54) is 0 Å². The summed E-state index contributed by atoms with van der Waals surface area (Å²) in [6, 6.07) is 0. The quantitative estimate of drug-likeness (QED) is 0.709. The van der Waals surface area contributed by atoms with Gasteiger partial charge in [-0.05, 0) is 16.4 Å². The molecule has 4 nitrogen and oxygen atoms in total. The van der Waals surface area contributed by atoms with Gasteiger partial charge in [0.15, 0.2) is 6.17 Å². The van der Waals surface area contributed by atoms with Crippen molar-refractivity contribution in [2.45, 2.75) is 20.0 Å². The summed E-state index contributed by atoms with van der Waals surface area (Å²) in [5.74, 6) is 0.421. The molecule has 1 aliphatic rings. The Bertz CT molecular complexity index is 119. The van der Waals surface area contributed by atoms with Crippen LogP contribution in [0.15, 0.2) is 20.7 Å². The molecule has 0 unspecified atom stereocenters. The van der Waals surface area contributed by atoms with Crippen LogP contribution in [0.1, 0.15) is 13.8 Å². The van der Waals surface area contributed by atoms with Gasteiger partial charge in [-0.2, -0.15) is 0 Å². The van der Waals surface area contributed by atoms with Crippen LogP contribution in [-0.4, -0.2) is 6.17 Å². The average molecular weight is 307 g/mol. The van der Waals surface area contributed by atoms with E-state index in [-0.39, 0.29) is 27.2 Å². The predicted octanol–water partition coefficient (Wildman–Crippen LogP) is 1.80. The molecule has 0 atom stereocenters. The summed E-state index contributed by atoms with van der Waals surface area (Å²) in [4.78, 5) is 0. The van der Waals surface area contributed by atoms with Crippen LogP contribution in [0, 0.1) is 5.92 Å². The number of hydrogen-bond donors (Lipinski definition) is 0. The van der Waals surface area contributed by atoms with Gasteiger partial charge in [-0.3, -0.25) is 0 Å². The molecule has 1 heterocycles. The van der Waals surface area contributed by atoms with Crippen LogP contribution < -0.4 is 0 Å². The molecule has 0 aromatic heterocycles. The van der Waals surface area contributed by atoms with Gasteiger partial charge in [-0.25, -0.2) is 0 Å². The zero-order valence-corrected chi connectivity index (χ0v) is 7.53. The maximum absolute atomic E-state index is 3.73. The summed E-state index contributed by atoms with van der Waals surface area (Å²) < 4.78 is 0. The molecule has 9 heavy (non-hydrogen) atoms. The standard InChI is InChI=1S/C4H8N4.Pt/c1-3(2)4-5-7-8-6-4;/h3-4H,1-2H3;. The third-order valence-electron chi connectivity index (χ3n) is 0.976. The number of rotatable bonds is 1. The molecule has 0 fully saturated rings. The van der Waals surface area contributed by atoms with Crippen molar-refractivity contribution in [3.8, 4) is 0 Å². The fraction of sp³-hybridized carbons (Fsp3) is 1.00. The smallest absolute Gasteiger partial charge is 0.138 e. The molecular weight excluding hydrogens is 299 g/mol. The minimum absolute atomic E-state index is 0. The van der Waals surface area contributed by atoms with Crippen molar-refractivity contribution < 1.29 is 21.1 Å². The Morgan fingerprint density at radius 2 is 1.56 bits per heavy atom. The van der Waals surface area contributed by atoms with E-state index in [1.54, 1.807) is 0 Å². The van der Waals surface area contributed by atoms with E-state index in [0.29, 0.717) is 5.92 Å². The van der Waals surface area contributed by atoms with Gasteiger partial charge in [0.1, 0.15) is 0 Å². The van der Waals surface area contributed by atoms with Crippen molar-refractivity contribution >= 4 is 0 Å². The second-order valence-corrected chi connectivity index (χ2v) is 2.07. The Morgan fingerprint density at radius 1 is 1.11 bits per heavy atom. The number of nitrogens with zero attached hydrogens (tertiary/aromatic N) is 4. The molecule has 0 radical (unpaired) electrons. The van der Waals surface area contributed by atoms with Gasteiger partial charge < -0.3 is 0 Å². The summed E-state index contributed by atoms with van der Waals surface area (Å²) in [5.41, 5.74) is 0. The molecule has 0 spiro atoms. The van der Waals surface area contributed by atoms with E-state index in [2.05, 4.69) is 20.7 Å². The molecular formula is C4H8N4Pt. The van der Waals surface area contributed by atoms with Gasteiger partial charge in [0.25, 0.3) is 0 Å². The van der Waals surface area contributed by atoms with E-state index >= 15 is 0 Å². The summed E-state index contributed by atoms with van der Waals surface area (Å²) >= 11 is 0. The largest absolute Gasteiger partial charge is 0.187 e. The van der Waals surface area contributed by atoms with Gasteiger partial charge in [0, 0.05) is 21.1 Å². The summed E-state index contributed by atoms with van der Waals surface area (Å²) in [7, 11) is 0. The molecule has 0 saturated heterocycles. The molecule has 0 saturated carbocycles. The van der Waals surface area contributed by atoms with E-state index in [0.717, 1.165) is 0 Å². The minimum Gasteiger partial charge on any atom is -0.138 e. The molecule has 0 amide bonds. The minimum atomic E-state index is -0.0185. The van der Waals surface area contributed by atoms with Crippen LogP contribution in [-0.2, 0) is 21.1 Å². The van der Waals surface area contributed by atoms with Crippen LogP contribution in [0.5, 0.6) is 0 Å². The topological polar surface area (TPSA) is 49.4 Å². The first-order valence-electron chi connectivity index (χ1n) is 2.60. The van der Waals surface area contributed by atoms with Crippen molar-refractivity contribution in [2.75, 3.05) is 0 Å². The molecule has 0 N–H and O–H groups in total. The van der Waals surface area contributed by atoms with Crippen molar-refractivity contribution in [2.24, 2.45) is 26.6 Å². The van der Waals surface area contributed by atoms with Gasteiger partial charge >= 0.3 is 0 Å². The van der Waals surface area contributed by atoms with Crippen LogP contribution in [0.2, 0.25) is 0 Å². The van der Waals surface area contributed by atoms with Crippen LogP contribution in [0.3, 0.4) is 0 Å². The van der Waals surface area contributed by atoms with E-state index in [1.807, 2.05) is 13.8 Å². The predicted molar refractivity (Wildman–Crippen MR) is 28.3 cm³/mol. The first-order valence-corrected chi connectivity index (χ1v) is 2.60. The van der Waals surface area contributed by atoms with E-state index < -0.39 is 0 Å². The Morgan fingerprint density at radius 3 is 1.78 bits per heavy atom. The molecule has 0 bridgehead atoms. The molecule has 0 aromatic carbocycles. The maximum atomic E-state index is 3.73. The van der Waals surface area contributed by atoms with Gasteiger partial charge in [-0.1, -0.05) is 13.8 Å². The fourth-order valence-electron chi connectivity index (χ4n) is 0.442. The zero-order chi connectivity index (χ0) is 5.98. The fourth-order valence-corrected chi connectivity index (χ4v) is 0.442. The SMILES string of the molecule is CC(C)C1N=NN=N1.[Pt]. The summed E-state index contributed by atoms with van der Waals surface area (Å²) in [5, 5.41) is 14.2. The third kappa shape index (κ3) is 2.31. The number of hydrogen-bond acceptors (Lipinski definition) is 4. The van der Waals surface area contributed by atoms with Crippen LogP contribution in [0.25, 0.3) is 0 Å². The van der Waals surface area contributed by atoms with Crippen molar-refractivity contribution in [1.82, 2.24) is 0 Å². The maximum Gasteiger partial charge on any atom is 0.187 e. The Kier molecular flexibility index (Phi) is 3.78. The normalized spacial score (nSPS) is 16.8. The van der Waals surface area contributed by atoms with E-state index in [9.17, 15) is 0 Å². The average Bonchev–Trinajstić information content (AvgIpc) is 2.12. The van der Waals surface area contributed by atoms with Gasteiger partial charge in [0.2, 0.25) is 0 Å². The molecule has 5 heteroatoms. The first-order chi connectivity index (χ1) is 3.80.